The lowest BCUT2D eigenvalue weighted by atomic mass is 10.0. The predicted octanol–water partition coefficient (Wildman–Crippen LogP) is 5.61. The molecule has 1 N–H and O–H groups in total. The second-order valence-electron chi connectivity index (χ2n) is 5.22. The van der Waals surface area contributed by atoms with E-state index in [0.717, 1.165) is 12.1 Å². The molecule has 0 aromatic heterocycles. The van der Waals surface area contributed by atoms with Crippen LogP contribution < -0.4 is 4.74 Å². The van der Waals surface area contributed by atoms with Gasteiger partial charge in [0.1, 0.15) is 5.75 Å². The minimum Gasteiger partial charge on any atom is -0.478 e. The van der Waals surface area contributed by atoms with E-state index in [0.29, 0.717) is 18.2 Å². The van der Waals surface area contributed by atoms with Crippen LogP contribution in [0.1, 0.15) is 15.9 Å². The molecule has 0 aliphatic heterocycles. The molecule has 0 aliphatic carbocycles. The Morgan fingerprint density at radius 2 is 1.44 bits per heavy atom. The van der Waals surface area contributed by atoms with Crippen LogP contribution in [0.3, 0.4) is 0 Å². The molecule has 3 nitrogen and oxygen atoms in total. The summed E-state index contributed by atoms with van der Waals surface area (Å²) >= 11 is 0. The summed E-state index contributed by atoms with van der Waals surface area (Å²) in [5.74, 6) is -15.3. The lowest BCUT2D eigenvalue weighted by Gasteiger charge is -2.28. The van der Waals surface area contributed by atoms with Crippen molar-refractivity contribution < 1.29 is 49.8 Å². The van der Waals surface area contributed by atoms with Crippen LogP contribution in [0.25, 0.3) is 0 Å². The van der Waals surface area contributed by atoms with Crippen molar-refractivity contribution in [3.05, 3.63) is 59.4 Å². The van der Waals surface area contributed by atoms with Crippen LogP contribution >= 0.6 is 0 Å². The molecule has 0 atom stereocenters. The SMILES string of the molecule is O=C(O)c1ccc(Oc2ccc(C(F)(F)C(F)(F)C(F)(F)F)cc2)c(F)c1. The van der Waals surface area contributed by atoms with E-state index in [-0.39, 0.29) is 17.9 Å². The number of hydrogen-bond acceptors (Lipinski definition) is 2. The van der Waals surface area contributed by atoms with Gasteiger partial charge in [0.15, 0.2) is 11.6 Å². The molecule has 0 amide bonds. The molecule has 0 radical (unpaired) electrons. The summed E-state index contributed by atoms with van der Waals surface area (Å²) in [6.07, 6.45) is -6.47. The lowest BCUT2D eigenvalue weighted by Crippen LogP contribution is -2.49. The molecule has 0 spiro atoms. The van der Waals surface area contributed by atoms with Crippen molar-refractivity contribution >= 4 is 5.97 Å². The van der Waals surface area contributed by atoms with E-state index < -0.39 is 46.7 Å². The Labute approximate surface area is 145 Å². The fourth-order valence-electron chi connectivity index (χ4n) is 1.94. The predicted molar refractivity (Wildman–Crippen MR) is 74.8 cm³/mol. The third-order valence-electron chi connectivity index (χ3n) is 3.37. The number of carboxylic acids is 1. The van der Waals surface area contributed by atoms with Gasteiger partial charge in [0.2, 0.25) is 0 Å². The summed E-state index contributed by atoms with van der Waals surface area (Å²) in [6, 6.07) is 4.34. The number of alkyl halides is 7. The fourth-order valence-corrected chi connectivity index (χ4v) is 1.94. The summed E-state index contributed by atoms with van der Waals surface area (Å²) in [6.45, 7) is 0. The standard InChI is InChI=1S/C16H8F8O3/c17-11-7-8(13(25)26)1-6-12(11)27-10-4-2-9(3-5-10)14(18,19)15(20,21)16(22,23)24/h1-7H,(H,25,26). The number of hydrogen-bond donors (Lipinski definition) is 1. The highest BCUT2D eigenvalue weighted by atomic mass is 19.4. The molecular weight excluding hydrogens is 392 g/mol. The van der Waals surface area contributed by atoms with Crippen molar-refractivity contribution in [2.24, 2.45) is 0 Å². The summed E-state index contributed by atoms with van der Waals surface area (Å²) in [5, 5.41) is 8.70. The van der Waals surface area contributed by atoms with E-state index in [1.54, 1.807) is 0 Å². The van der Waals surface area contributed by atoms with Crippen molar-refractivity contribution in [3.8, 4) is 11.5 Å². The minimum absolute atomic E-state index is 0.276. The summed E-state index contributed by atoms with van der Waals surface area (Å²) in [5.41, 5.74) is -2.02. The van der Waals surface area contributed by atoms with Crippen molar-refractivity contribution in [1.82, 2.24) is 0 Å². The highest BCUT2D eigenvalue weighted by Gasteiger charge is 2.73. The monoisotopic (exact) mass is 400 g/mol. The topological polar surface area (TPSA) is 46.5 Å². The van der Waals surface area contributed by atoms with Crippen molar-refractivity contribution in [1.29, 1.82) is 0 Å². The summed E-state index contributed by atoms with van der Waals surface area (Å²) in [4.78, 5) is 10.7. The largest absolute Gasteiger partial charge is 0.478 e. The van der Waals surface area contributed by atoms with Crippen molar-refractivity contribution in [3.63, 3.8) is 0 Å². The second-order valence-corrected chi connectivity index (χ2v) is 5.22. The van der Waals surface area contributed by atoms with E-state index >= 15 is 0 Å². The summed E-state index contributed by atoms with van der Waals surface area (Å²) < 4.78 is 108. The number of carboxylic acid groups (broad SMARTS) is 1. The van der Waals surface area contributed by atoms with Crippen LogP contribution in [0.5, 0.6) is 11.5 Å². The molecule has 0 heterocycles. The van der Waals surface area contributed by atoms with E-state index in [4.69, 9.17) is 9.84 Å². The Morgan fingerprint density at radius 1 is 0.889 bits per heavy atom. The van der Waals surface area contributed by atoms with Gasteiger partial charge in [-0.25, -0.2) is 9.18 Å². The minimum atomic E-state index is -6.47. The van der Waals surface area contributed by atoms with E-state index in [1.807, 2.05) is 0 Å². The van der Waals surface area contributed by atoms with Gasteiger partial charge in [-0.05, 0) is 42.5 Å². The highest BCUT2D eigenvalue weighted by molar-refractivity contribution is 5.87. The smallest absolute Gasteiger partial charge is 0.460 e. The third kappa shape index (κ3) is 3.81. The molecule has 27 heavy (non-hydrogen) atoms. The number of rotatable bonds is 5. The van der Waals surface area contributed by atoms with Crippen LogP contribution in [-0.4, -0.2) is 23.2 Å². The van der Waals surface area contributed by atoms with Gasteiger partial charge < -0.3 is 9.84 Å². The van der Waals surface area contributed by atoms with E-state index in [2.05, 4.69) is 0 Å². The molecule has 0 bridgehead atoms. The molecule has 2 aromatic carbocycles. The number of carbonyl (C=O) groups is 1. The number of ether oxygens (including phenoxy) is 1. The van der Waals surface area contributed by atoms with E-state index in [1.165, 1.54) is 0 Å². The molecule has 0 aliphatic rings. The van der Waals surface area contributed by atoms with Crippen molar-refractivity contribution in [2.45, 2.75) is 18.0 Å². The van der Waals surface area contributed by atoms with Gasteiger partial charge in [0.05, 0.1) is 5.56 Å². The molecule has 11 heteroatoms. The average molecular weight is 400 g/mol. The molecule has 146 valence electrons. The number of halogens is 8. The Balaban J connectivity index is 2.27. The number of benzene rings is 2. The lowest BCUT2D eigenvalue weighted by molar-refractivity contribution is -0.359. The molecule has 0 saturated carbocycles. The van der Waals surface area contributed by atoms with Crippen LogP contribution in [-0.2, 0) is 5.92 Å². The first-order valence-electron chi connectivity index (χ1n) is 6.91. The fraction of sp³-hybridized carbons (Fsp3) is 0.188. The van der Waals surface area contributed by atoms with Gasteiger partial charge in [-0.1, -0.05) is 0 Å². The molecule has 0 saturated heterocycles. The van der Waals surface area contributed by atoms with Gasteiger partial charge in [0, 0.05) is 5.56 Å². The van der Waals surface area contributed by atoms with Gasteiger partial charge in [0.25, 0.3) is 0 Å². The first-order chi connectivity index (χ1) is 12.3. The molecule has 0 fully saturated rings. The quantitative estimate of drug-likeness (QED) is 0.664. The van der Waals surface area contributed by atoms with Crippen LogP contribution in [0, 0.1) is 5.82 Å². The zero-order chi connectivity index (χ0) is 20.6. The van der Waals surface area contributed by atoms with E-state index in [9.17, 15) is 39.9 Å². The zero-order valence-corrected chi connectivity index (χ0v) is 12.8. The third-order valence-corrected chi connectivity index (χ3v) is 3.37. The number of aromatic carboxylic acids is 1. The first kappa shape index (κ1) is 20.5. The molecule has 2 aromatic rings. The van der Waals surface area contributed by atoms with Gasteiger partial charge in [-0.15, -0.1) is 0 Å². The zero-order valence-electron chi connectivity index (χ0n) is 12.8. The Kier molecular flexibility index (Phi) is 5.08. The Morgan fingerprint density at radius 3 is 1.89 bits per heavy atom. The van der Waals surface area contributed by atoms with Crippen molar-refractivity contribution in [2.75, 3.05) is 0 Å². The molecule has 0 unspecified atom stereocenters. The highest BCUT2D eigenvalue weighted by Crippen LogP contribution is 2.51. The van der Waals surface area contributed by atoms with Gasteiger partial charge in [-0.3, -0.25) is 0 Å². The summed E-state index contributed by atoms with van der Waals surface area (Å²) in [7, 11) is 0. The van der Waals surface area contributed by atoms with Gasteiger partial charge >= 0.3 is 24.0 Å². The maximum absolute atomic E-state index is 13.7. The maximum atomic E-state index is 13.7. The van der Waals surface area contributed by atoms with Crippen LogP contribution in [0.15, 0.2) is 42.5 Å². The normalized spacial score (nSPS) is 12.7. The first-order valence-corrected chi connectivity index (χ1v) is 6.91. The maximum Gasteiger partial charge on any atom is 0.460 e. The van der Waals surface area contributed by atoms with Gasteiger partial charge in [-0.2, -0.15) is 30.7 Å². The Bertz CT molecular complexity index is 844. The Hall–Kier alpha value is -2.85. The molecule has 2 rings (SSSR count). The average Bonchev–Trinajstić information content (AvgIpc) is 2.55. The second kappa shape index (κ2) is 6.71. The van der Waals surface area contributed by atoms with Crippen LogP contribution in [0.2, 0.25) is 0 Å². The molecular formula is C16H8F8O3. The van der Waals surface area contributed by atoms with Crippen LogP contribution in [0.4, 0.5) is 35.1 Å².